The fourth-order valence-corrected chi connectivity index (χ4v) is 2.06. The number of carbonyl (C=O) groups excluding carboxylic acids is 2. The van der Waals surface area contributed by atoms with Gasteiger partial charge in [0.2, 0.25) is 5.91 Å². The van der Waals surface area contributed by atoms with E-state index in [0.29, 0.717) is 6.54 Å². The fraction of sp³-hybridized carbons (Fsp3) is 0.571. The molecule has 1 aromatic rings. The second-order valence-corrected chi connectivity index (χ2v) is 4.92. The molecule has 1 aliphatic rings. The molecule has 21 heavy (non-hydrogen) atoms. The molecule has 1 unspecified atom stereocenters. The van der Waals surface area contributed by atoms with Crippen molar-refractivity contribution in [3.05, 3.63) is 24.2 Å². The van der Waals surface area contributed by atoms with E-state index >= 15 is 0 Å². The van der Waals surface area contributed by atoms with Crippen LogP contribution >= 0.6 is 0 Å². The highest BCUT2D eigenvalue weighted by atomic mass is 16.5. The van der Waals surface area contributed by atoms with Gasteiger partial charge in [0.15, 0.2) is 5.76 Å². The Morgan fingerprint density at radius 2 is 2.14 bits per heavy atom. The van der Waals surface area contributed by atoms with Crippen LogP contribution in [-0.4, -0.2) is 62.1 Å². The number of hydrogen-bond acceptors (Lipinski definition) is 5. The van der Waals surface area contributed by atoms with E-state index in [9.17, 15) is 9.59 Å². The summed E-state index contributed by atoms with van der Waals surface area (Å²) in [7, 11) is 0. The zero-order valence-corrected chi connectivity index (χ0v) is 12.1. The number of morpholine rings is 1. The summed E-state index contributed by atoms with van der Waals surface area (Å²) in [5, 5.41) is 5.41. The molecule has 0 bridgehead atoms. The molecular weight excluding hydrogens is 274 g/mol. The molecule has 7 nitrogen and oxygen atoms in total. The summed E-state index contributed by atoms with van der Waals surface area (Å²) >= 11 is 0. The standard InChI is InChI=1S/C14H21N3O4/c1-11(16-14(19)12-3-2-8-21-12)13(18)15-4-5-17-6-9-20-10-7-17/h2-3,8,11H,4-7,9-10H2,1H3,(H,15,18)(H,16,19). The number of hydrogen-bond donors (Lipinski definition) is 2. The van der Waals surface area contributed by atoms with Gasteiger partial charge in [-0.15, -0.1) is 0 Å². The lowest BCUT2D eigenvalue weighted by molar-refractivity contribution is -0.122. The highest BCUT2D eigenvalue weighted by molar-refractivity contribution is 5.95. The lowest BCUT2D eigenvalue weighted by atomic mass is 10.3. The van der Waals surface area contributed by atoms with Crippen LogP contribution in [0.3, 0.4) is 0 Å². The van der Waals surface area contributed by atoms with Crippen molar-refractivity contribution in [3.8, 4) is 0 Å². The van der Waals surface area contributed by atoms with Crippen LogP contribution in [0.15, 0.2) is 22.8 Å². The van der Waals surface area contributed by atoms with Crippen molar-refractivity contribution < 1.29 is 18.7 Å². The highest BCUT2D eigenvalue weighted by Gasteiger charge is 2.18. The molecule has 1 saturated heterocycles. The van der Waals surface area contributed by atoms with Gasteiger partial charge in [0.05, 0.1) is 19.5 Å². The van der Waals surface area contributed by atoms with E-state index in [0.717, 1.165) is 32.8 Å². The summed E-state index contributed by atoms with van der Waals surface area (Å²) in [6, 6.07) is 2.58. The van der Waals surface area contributed by atoms with Crippen molar-refractivity contribution in [2.24, 2.45) is 0 Å². The summed E-state index contributed by atoms with van der Waals surface area (Å²) in [5.41, 5.74) is 0. The maximum absolute atomic E-state index is 11.9. The van der Waals surface area contributed by atoms with E-state index < -0.39 is 11.9 Å². The molecule has 1 aliphatic heterocycles. The summed E-state index contributed by atoms with van der Waals surface area (Å²) in [6.07, 6.45) is 1.42. The van der Waals surface area contributed by atoms with E-state index in [-0.39, 0.29) is 11.7 Å². The van der Waals surface area contributed by atoms with Gasteiger partial charge in [0.1, 0.15) is 6.04 Å². The molecule has 116 valence electrons. The second kappa shape index (κ2) is 7.80. The van der Waals surface area contributed by atoms with Gasteiger partial charge in [-0.05, 0) is 19.1 Å². The first-order valence-corrected chi connectivity index (χ1v) is 7.09. The Hall–Kier alpha value is -1.86. The fourth-order valence-electron chi connectivity index (χ4n) is 2.06. The van der Waals surface area contributed by atoms with Gasteiger partial charge < -0.3 is 19.8 Å². The van der Waals surface area contributed by atoms with Crippen molar-refractivity contribution >= 4 is 11.8 Å². The lowest BCUT2D eigenvalue weighted by Crippen LogP contribution is -2.47. The molecule has 1 aromatic heterocycles. The number of amides is 2. The Morgan fingerprint density at radius 1 is 1.38 bits per heavy atom. The monoisotopic (exact) mass is 295 g/mol. The van der Waals surface area contributed by atoms with Crippen LogP contribution in [0.2, 0.25) is 0 Å². The van der Waals surface area contributed by atoms with Crippen molar-refractivity contribution in [1.82, 2.24) is 15.5 Å². The third kappa shape index (κ3) is 4.87. The van der Waals surface area contributed by atoms with Crippen LogP contribution in [0.4, 0.5) is 0 Å². The van der Waals surface area contributed by atoms with Crippen molar-refractivity contribution in [2.45, 2.75) is 13.0 Å². The highest BCUT2D eigenvalue weighted by Crippen LogP contribution is 2.00. The molecule has 0 aromatic carbocycles. The minimum Gasteiger partial charge on any atom is -0.459 e. The maximum Gasteiger partial charge on any atom is 0.287 e. The van der Waals surface area contributed by atoms with Gasteiger partial charge in [-0.3, -0.25) is 14.5 Å². The van der Waals surface area contributed by atoms with Crippen molar-refractivity contribution in [2.75, 3.05) is 39.4 Å². The number of carbonyl (C=O) groups is 2. The van der Waals surface area contributed by atoms with E-state index in [4.69, 9.17) is 9.15 Å². The van der Waals surface area contributed by atoms with Crippen LogP contribution in [0.25, 0.3) is 0 Å². The van der Waals surface area contributed by atoms with Crippen LogP contribution in [0, 0.1) is 0 Å². The van der Waals surface area contributed by atoms with Gasteiger partial charge in [0.25, 0.3) is 5.91 Å². The van der Waals surface area contributed by atoms with E-state index in [1.54, 1.807) is 19.1 Å². The Labute approximate surface area is 123 Å². The van der Waals surface area contributed by atoms with E-state index in [1.807, 2.05) is 0 Å². The summed E-state index contributed by atoms with van der Waals surface area (Å²) in [6.45, 7) is 6.24. The average Bonchev–Trinajstić information content (AvgIpc) is 3.02. The molecule has 1 atom stereocenters. The first-order valence-electron chi connectivity index (χ1n) is 7.09. The number of furan rings is 1. The molecular formula is C14H21N3O4. The van der Waals surface area contributed by atoms with Crippen LogP contribution in [0.1, 0.15) is 17.5 Å². The third-order valence-electron chi connectivity index (χ3n) is 3.32. The van der Waals surface area contributed by atoms with Crippen LogP contribution in [-0.2, 0) is 9.53 Å². The van der Waals surface area contributed by atoms with Crippen molar-refractivity contribution in [1.29, 1.82) is 0 Å². The number of ether oxygens (including phenoxy) is 1. The quantitative estimate of drug-likeness (QED) is 0.762. The molecule has 0 spiro atoms. The third-order valence-corrected chi connectivity index (χ3v) is 3.32. The van der Waals surface area contributed by atoms with Gasteiger partial charge in [-0.2, -0.15) is 0 Å². The summed E-state index contributed by atoms with van der Waals surface area (Å²) in [4.78, 5) is 25.9. The van der Waals surface area contributed by atoms with Gasteiger partial charge in [0, 0.05) is 26.2 Å². The smallest absolute Gasteiger partial charge is 0.287 e. The van der Waals surface area contributed by atoms with E-state index in [2.05, 4.69) is 15.5 Å². The Kier molecular flexibility index (Phi) is 5.77. The molecule has 2 rings (SSSR count). The normalized spacial score (nSPS) is 17.2. The van der Waals surface area contributed by atoms with Gasteiger partial charge in [-0.1, -0.05) is 0 Å². The van der Waals surface area contributed by atoms with Gasteiger partial charge in [-0.25, -0.2) is 0 Å². The molecule has 2 amide bonds. The number of nitrogens with one attached hydrogen (secondary N) is 2. The molecule has 0 aliphatic carbocycles. The SMILES string of the molecule is CC(NC(=O)c1ccco1)C(=O)NCCN1CCOCC1. The van der Waals surface area contributed by atoms with Crippen LogP contribution < -0.4 is 10.6 Å². The van der Waals surface area contributed by atoms with Gasteiger partial charge >= 0.3 is 0 Å². The molecule has 7 heteroatoms. The first kappa shape index (κ1) is 15.5. The predicted octanol–water partition coefficient (Wildman–Crippen LogP) is -0.154. The topological polar surface area (TPSA) is 83.8 Å². The van der Waals surface area contributed by atoms with Crippen molar-refractivity contribution in [3.63, 3.8) is 0 Å². The summed E-state index contributed by atoms with van der Waals surface area (Å²) < 4.78 is 10.2. The molecule has 2 N–H and O–H groups in total. The minimum absolute atomic E-state index is 0.197. The molecule has 0 saturated carbocycles. The Bertz CT molecular complexity index is 455. The molecule has 2 heterocycles. The van der Waals surface area contributed by atoms with E-state index in [1.165, 1.54) is 6.26 Å². The number of nitrogens with zero attached hydrogens (tertiary/aromatic N) is 1. The average molecular weight is 295 g/mol. The molecule has 1 fully saturated rings. The largest absolute Gasteiger partial charge is 0.459 e. The maximum atomic E-state index is 11.9. The minimum atomic E-state index is -0.604. The first-order chi connectivity index (χ1) is 10.2. The second-order valence-electron chi connectivity index (χ2n) is 4.92. The summed E-state index contributed by atoms with van der Waals surface area (Å²) in [5.74, 6) is -0.401. The molecule has 0 radical (unpaired) electrons. The lowest BCUT2D eigenvalue weighted by Gasteiger charge is -2.26. The zero-order chi connectivity index (χ0) is 15.1. The Balaban J connectivity index is 1.66. The Morgan fingerprint density at radius 3 is 2.81 bits per heavy atom. The zero-order valence-electron chi connectivity index (χ0n) is 12.1. The van der Waals surface area contributed by atoms with Crippen LogP contribution in [0.5, 0.6) is 0 Å². The predicted molar refractivity (Wildman–Crippen MR) is 75.9 cm³/mol. The number of rotatable bonds is 6.